The maximum absolute atomic E-state index is 9.68. The first-order valence-corrected chi connectivity index (χ1v) is 7.15. The Hall–Kier alpha value is 1.39. The monoisotopic (exact) mass is 384 g/mol. The fraction of sp³-hybridized carbons (Fsp3) is 1.00. The minimum atomic E-state index is -3.92. The molecule has 0 heterocycles. The van der Waals surface area contributed by atoms with Crippen molar-refractivity contribution in [2.24, 2.45) is 0 Å². The van der Waals surface area contributed by atoms with Crippen molar-refractivity contribution >= 4 is 69.1 Å². The summed E-state index contributed by atoms with van der Waals surface area (Å²) in [5.41, 5.74) is 0. The van der Waals surface area contributed by atoms with E-state index in [4.69, 9.17) is 0 Å². The Balaban J connectivity index is -0.000000180. The van der Waals surface area contributed by atoms with Gasteiger partial charge in [-0.25, -0.2) is 16.8 Å². The molecule has 0 atom stereocenters. The molecule has 0 amide bonds. The van der Waals surface area contributed by atoms with Gasteiger partial charge in [0.25, 0.3) is 0 Å². The van der Waals surface area contributed by atoms with Crippen LogP contribution in [0.15, 0.2) is 0 Å². The van der Waals surface area contributed by atoms with Gasteiger partial charge in [-0.3, -0.25) is 0 Å². The van der Waals surface area contributed by atoms with Gasteiger partial charge >= 0.3 is 48.9 Å². The molecule has 0 radical (unpaired) electrons. The molecule has 15 heavy (non-hydrogen) atoms. The average Bonchev–Trinajstić information content (AvgIpc) is 1.81. The van der Waals surface area contributed by atoms with Crippen molar-refractivity contribution in [2.45, 2.75) is 26.7 Å². The smallest absolute Gasteiger partial charge is 0.748 e. The van der Waals surface area contributed by atoms with Gasteiger partial charge in [0.15, 0.2) is 0 Å². The molecule has 0 aromatic heterocycles. The van der Waals surface area contributed by atoms with Crippen molar-refractivity contribution in [3.63, 3.8) is 0 Å². The van der Waals surface area contributed by atoms with Crippen LogP contribution in [0.5, 0.6) is 0 Å². The van der Waals surface area contributed by atoms with Crippen LogP contribution in [0.1, 0.15) is 26.7 Å². The van der Waals surface area contributed by atoms with Crippen LogP contribution in [0, 0.1) is 0 Å². The fourth-order valence-electron chi connectivity index (χ4n) is 0.500. The average molecular weight is 384 g/mol. The van der Waals surface area contributed by atoms with Gasteiger partial charge in [-0.15, -0.1) is 0 Å². The molecule has 9 heteroatoms. The van der Waals surface area contributed by atoms with Crippen LogP contribution in [-0.4, -0.2) is 86.3 Å². The third kappa shape index (κ3) is 31.3. The van der Waals surface area contributed by atoms with E-state index >= 15 is 0 Å². The molecule has 0 saturated carbocycles. The summed E-state index contributed by atoms with van der Waals surface area (Å²) in [6.45, 7) is 3.30. The molecule has 0 aliphatic heterocycles. The van der Waals surface area contributed by atoms with Crippen LogP contribution in [0.4, 0.5) is 0 Å². The zero-order valence-corrected chi connectivity index (χ0v) is 14.9. The molecule has 0 fully saturated rings. The van der Waals surface area contributed by atoms with Gasteiger partial charge in [0.2, 0.25) is 0 Å². The first kappa shape index (κ1) is 21.7. The van der Waals surface area contributed by atoms with Gasteiger partial charge in [0, 0.05) is 11.5 Å². The molecule has 0 aromatic carbocycles. The summed E-state index contributed by atoms with van der Waals surface area (Å²) in [4.78, 5) is 0. The normalized spacial score (nSPS) is 10.9. The van der Waals surface area contributed by atoms with E-state index in [0.717, 1.165) is 0 Å². The van der Waals surface area contributed by atoms with Crippen LogP contribution < -0.4 is 0 Å². The minimum Gasteiger partial charge on any atom is -0.748 e. The molecule has 0 rings (SSSR count). The molecule has 6 nitrogen and oxygen atoms in total. The summed E-state index contributed by atoms with van der Waals surface area (Å²) in [5.74, 6) is -0.486. The van der Waals surface area contributed by atoms with E-state index in [1.54, 1.807) is 13.8 Å². The summed E-state index contributed by atoms with van der Waals surface area (Å²) in [6.07, 6.45) is 0.817. The van der Waals surface area contributed by atoms with E-state index < -0.39 is 20.2 Å². The quantitative estimate of drug-likeness (QED) is 0.477. The molecular formula is C6H14BaO6S2. The van der Waals surface area contributed by atoms with Gasteiger partial charge in [0.05, 0.1) is 20.2 Å². The summed E-state index contributed by atoms with van der Waals surface area (Å²) in [6, 6.07) is 0. The molecule has 0 bridgehead atoms. The molecule has 0 aliphatic carbocycles. The standard InChI is InChI=1S/2C3H8O3S.Ba/c2*1-2-3-7(4,5)6;/h2*2-3H2,1H3,(H,4,5,6);/q;;+2/p-2. The topological polar surface area (TPSA) is 114 Å². The van der Waals surface area contributed by atoms with Crippen molar-refractivity contribution in [1.82, 2.24) is 0 Å². The predicted molar refractivity (Wildman–Crippen MR) is 55.5 cm³/mol. The Bertz CT molecular complexity index is 286. The molecule has 0 aliphatic rings. The molecule has 0 saturated heterocycles. The first-order valence-electron chi connectivity index (χ1n) is 3.99. The van der Waals surface area contributed by atoms with Crippen LogP contribution >= 0.6 is 0 Å². The largest absolute Gasteiger partial charge is 2.00 e. The van der Waals surface area contributed by atoms with Gasteiger partial charge in [-0.05, 0) is 12.8 Å². The summed E-state index contributed by atoms with van der Waals surface area (Å²) >= 11 is 0. The Kier molecular flexibility index (Phi) is 15.2. The zero-order chi connectivity index (χ0) is 11.8. The SMILES string of the molecule is CCCS(=O)(=O)[O-].CCCS(=O)(=O)[O-].[Ba+2]. The molecule has 0 unspecified atom stereocenters. The molecule has 0 aromatic rings. The first-order chi connectivity index (χ1) is 6.12. The minimum absolute atomic E-state index is 0. The number of rotatable bonds is 4. The van der Waals surface area contributed by atoms with E-state index in [2.05, 4.69) is 0 Å². The molecule has 0 N–H and O–H groups in total. The van der Waals surface area contributed by atoms with Crippen LogP contribution in [0.25, 0.3) is 0 Å². The Labute approximate surface area is 131 Å². The van der Waals surface area contributed by atoms with Gasteiger partial charge < -0.3 is 9.11 Å². The molecule has 0 spiro atoms. The van der Waals surface area contributed by atoms with Crippen molar-refractivity contribution in [3.05, 3.63) is 0 Å². The fourth-order valence-corrected chi connectivity index (χ4v) is 1.50. The van der Waals surface area contributed by atoms with E-state index in [0.29, 0.717) is 12.8 Å². The predicted octanol–water partition coefficient (Wildman–Crippen LogP) is -0.498. The second-order valence-corrected chi connectivity index (χ2v) is 5.57. The second kappa shape index (κ2) is 10.5. The zero-order valence-electron chi connectivity index (χ0n) is 8.80. The van der Waals surface area contributed by atoms with Gasteiger partial charge in [-0.2, -0.15) is 0 Å². The van der Waals surface area contributed by atoms with Crippen molar-refractivity contribution in [2.75, 3.05) is 11.5 Å². The van der Waals surface area contributed by atoms with Crippen LogP contribution in [0.3, 0.4) is 0 Å². The molecular weight excluding hydrogens is 370 g/mol. The van der Waals surface area contributed by atoms with E-state index in [1.807, 2.05) is 0 Å². The molecule has 88 valence electrons. The van der Waals surface area contributed by atoms with Gasteiger partial charge in [-0.1, -0.05) is 13.8 Å². The second-order valence-electron chi connectivity index (χ2n) is 2.52. The van der Waals surface area contributed by atoms with Crippen molar-refractivity contribution in [1.29, 1.82) is 0 Å². The maximum atomic E-state index is 9.68. The number of hydrogen-bond acceptors (Lipinski definition) is 6. The Morgan fingerprint density at radius 1 is 0.800 bits per heavy atom. The summed E-state index contributed by atoms with van der Waals surface area (Å²) in [7, 11) is -7.85. The van der Waals surface area contributed by atoms with Crippen LogP contribution in [0.2, 0.25) is 0 Å². The van der Waals surface area contributed by atoms with E-state index in [-0.39, 0.29) is 60.4 Å². The van der Waals surface area contributed by atoms with E-state index in [9.17, 15) is 25.9 Å². The number of hydrogen-bond donors (Lipinski definition) is 0. The summed E-state index contributed by atoms with van der Waals surface area (Å²) in [5, 5.41) is 0. The Morgan fingerprint density at radius 3 is 1.00 bits per heavy atom. The van der Waals surface area contributed by atoms with Gasteiger partial charge in [0.1, 0.15) is 0 Å². The van der Waals surface area contributed by atoms with Crippen LogP contribution in [-0.2, 0) is 20.2 Å². The third-order valence-electron chi connectivity index (χ3n) is 0.908. The van der Waals surface area contributed by atoms with Crippen molar-refractivity contribution in [3.8, 4) is 0 Å². The summed E-state index contributed by atoms with van der Waals surface area (Å²) < 4.78 is 58.1. The van der Waals surface area contributed by atoms with Crippen molar-refractivity contribution < 1.29 is 25.9 Å². The Morgan fingerprint density at radius 2 is 1.00 bits per heavy atom. The van der Waals surface area contributed by atoms with E-state index in [1.165, 1.54) is 0 Å². The third-order valence-corrected chi connectivity index (χ3v) is 2.72. The maximum Gasteiger partial charge on any atom is 2.00 e.